The Morgan fingerprint density at radius 2 is 1.23 bits per heavy atom. The van der Waals surface area contributed by atoms with Crippen LogP contribution in [-0.2, 0) is 19.1 Å². The summed E-state index contributed by atoms with van der Waals surface area (Å²) in [5.74, 6) is -0.184. The smallest absolute Gasteiger partial charge is 0.306 e. The molecule has 0 aromatic heterocycles. The first-order valence-electron chi connectivity index (χ1n) is 11.0. The molecule has 1 unspecified atom stereocenters. The highest BCUT2D eigenvalue weighted by Crippen LogP contribution is 2.12. The number of carbonyl (C=O) groups is 2. The molecule has 0 aromatic rings. The largest absolute Gasteiger partial charge is 0.466 e. The number of ether oxygens (including phenoxy) is 2. The lowest BCUT2D eigenvalue weighted by Gasteiger charge is -2.16. The van der Waals surface area contributed by atoms with E-state index >= 15 is 0 Å². The van der Waals surface area contributed by atoms with Crippen molar-refractivity contribution in [2.24, 2.45) is 0 Å². The highest BCUT2D eigenvalue weighted by molar-refractivity contribution is 5.69. The second kappa shape index (κ2) is 18.7. The van der Waals surface area contributed by atoms with E-state index in [1.165, 1.54) is 38.5 Å². The summed E-state index contributed by atoms with van der Waals surface area (Å²) in [5.41, 5.74) is 0. The fourth-order valence-electron chi connectivity index (χ4n) is 2.91. The van der Waals surface area contributed by atoms with Gasteiger partial charge in [-0.05, 0) is 32.1 Å². The molecule has 0 heterocycles. The van der Waals surface area contributed by atoms with Gasteiger partial charge >= 0.3 is 11.9 Å². The maximum absolute atomic E-state index is 11.9. The highest BCUT2D eigenvalue weighted by Gasteiger charge is 2.12. The maximum Gasteiger partial charge on any atom is 0.306 e. The van der Waals surface area contributed by atoms with Crippen LogP contribution >= 0.6 is 0 Å². The topological polar surface area (TPSA) is 52.6 Å². The molecule has 0 rings (SSSR count). The van der Waals surface area contributed by atoms with Crippen LogP contribution in [0, 0.1) is 0 Å². The van der Waals surface area contributed by atoms with E-state index in [1.54, 1.807) is 0 Å². The number of unbranched alkanes of at least 4 members (excludes halogenated alkanes) is 8. The Labute approximate surface area is 161 Å². The van der Waals surface area contributed by atoms with Gasteiger partial charge in [-0.25, -0.2) is 0 Å². The minimum atomic E-state index is -0.0985. The van der Waals surface area contributed by atoms with Crippen molar-refractivity contribution >= 4 is 11.9 Å². The SMILES string of the molecule is CCCCCCCC(=O)OCCCC(CC)OC(=O)CCCCCCC. The Morgan fingerprint density at radius 3 is 1.77 bits per heavy atom. The molecular formula is C22H42O4. The van der Waals surface area contributed by atoms with E-state index < -0.39 is 0 Å². The lowest BCUT2D eigenvalue weighted by Crippen LogP contribution is -2.18. The lowest BCUT2D eigenvalue weighted by atomic mass is 10.1. The predicted molar refractivity (Wildman–Crippen MR) is 107 cm³/mol. The molecule has 4 nitrogen and oxygen atoms in total. The third-order valence-corrected chi connectivity index (χ3v) is 4.66. The van der Waals surface area contributed by atoms with Crippen molar-refractivity contribution in [3.8, 4) is 0 Å². The molecule has 4 heteroatoms. The van der Waals surface area contributed by atoms with Crippen molar-refractivity contribution in [3.63, 3.8) is 0 Å². The predicted octanol–water partition coefficient (Wildman–Crippen LogP) is 6.35. The first kappa shape index (κ1) is 24.9. The summed E-state index contributed by atoms with van der Waals surface area (Å²) in [4.78, 5) is 23.5. The molecular weight excluding hydrogens is 328 g/mol. The van der Waals surface area contributed by atoms with E-state index in [0.29, 0.717) is 19.4 Å². The Hall–Kier alpha value is -1.06. The van der Waals surface area contributed by atoms with Crippen LogP contribution in [0.15, 0.2) is 0 Å². The van der Waals surface area contributed by atoms with Crippen molar-refractivity contribution in [2.45, 2.75) is 123 Å². The van der Waals surface area contributed by atoms with Gasteiger partial charge < -0.3 is 9.47 Å². The summed E-state index contributed by atoms with van der Waals surface area (Å²) in [6.07, 6.45) is 14.7. The zero-order chi connectivity index (χ0) is 19.5. The second-order valence-electron chi connectivity index (χ2n) is 7.21. The second-order valence-corrected chi connectivity index (χ2v) is 7.21. The van der Waals surface area contributed by atoms with Gasteiger partial charge in [-0.15, -0.1) is 0 Å². The minimum absolute atomic E-state index is 0.0501. The molecule has 0 saturated carbocycles. The van der Waals surface area contributed by atoms with Crippen LogP contribution in [0.2, 0.25) is 0 Å². The van der Waals surface area contributed by atoms with E-state index in [0.717, 1.165) is 44.9 Å². The van der Waals surface area contributed by atoms with E-state index in [2.05, 4.69) is 13.8 Å². The summed E-state index contributed by atoms with van der Waals surface area (Å²) >= 11 is 0. The summed E-state index contributed by atoms with van der Waals surface area (Å²) in [5, 5.41) is 0. The van der Waals surface area contributed by atoms with Gasteiger partial charge in [0, 0.05) is 12.8 Å². The average molecular weight is 371 g/mol. The highest BCUT2D eigenvalue weighted by atomic mass is 16.5. The summed E-state index contributed by atoms with van der Waals surface area (Å²) < 4.78 is 10.8. The number of rotatable bonds is 18. The number of carbonyl (C=O) groups excluding carboxylic acids is 2. The quantitative estimate of drug-likeness (QED) is 0.208. The van der Waals surface area contributed by atoms with Crippen molar-refractivity contribution in [3.05, 3.63) is 0 Å². The van der Waals surface area contributed by atoms with Crippen molar-refractivity contribution in [2.75, 3.05) is 6.61 Å². The molecule has 1 atom stereocenters. The van der Waals surface area contributed by atoms with E-state index in [-0.39, 0.29) is 18.0 Å². The van der Waals surface area contributed by atoms with Crippen LogP contribution < -0.4 is 0 Å². The zero-order valence-corrected chi connectivity index (χ0v) is 17.5. The van der Waals surface area contributed by atoms with Crippen LogP contribution in [0.4, 0.5) is 0 Å². The van der Waals surface area contributed by atoms with Crippen LogP contribution in [-0.4, -0.2) is 24.6 Å². The monoisotopic (exact) mass is 370 g/mol. The fraction of sp³-hybridized carbons (Fsp3) is 0.909. The van der Waals surface area contributed by atoms with Crippen molar-refractivity contribution < 1.29 is 19.1 Å². The van der Waals surface area contributed by atoms with Gasteiger partial charge in [-0.3, -0.25) is 9.59 Å². The van der Waals surface area contributed by atoms with Gasteiger partial charge in [-0.2, -0.15) is 0 Å². The third-order valence-electron chi connectivity index (χ3n) is 4.66. The first-order chi connectivity index (χ1) is 12.6. The summed E-state index contributed by atoms with van der Waals surface area (Å²) in [6, 6.07) is 0. The van der Waals surface area contributed by atoms with Gasteiger partial charge in [0.15, 0.2) is 0 Å². The Kier molecular flexibility index (Phi) is 18.0. The van der Waals surface area contributed by atoms with Crippen LogP contribution in [0.3, 0.4) is 0 Å². The van der Waals surface area contributed by atoms with E-state index in [4.69, 9.17) is 9.47 Å². The molecule has 0 aliphatic carbocycles. The molecule has 26 heavy (non-hydrogen) atoms. The molecule has 0 saturated heterocycles. The van der Waals surface area contributed by atoms with Gasteiger partial charge in [0.1, 0.15) is 6.10 Å². The van der Waals surface area contributed by atoms with Crippen LogP contribution in [0.25, 0.3) is 0 Å². The van der Waals surface area contributed by atoms with Gasteiger partial charge in [0.2, 0.25) is 0 Å². The Balaban J connectivity index is 3.65. The third kappa shape index (κ3) is 16.4. The van der Waals surface area contributed by atoms with Gasteiger partial charge in [0.05, 0.1) is 6.61 Å². The van der Waals surface area contributed by atoms with Crippen molar-refractivity contribution in [1.82, 2.24) is 0 Å². The minimum Gasteiger partial charge on any atom is -0.466 e. The normalized spacial score (nSPS) is 12.0. The van der Waals surface area contributed by atoms with Gasteiger partial charge in [0.25, 0.3) is 0 Å². The Bertz CT molecular complexity index is 341. The molecule has 0 aromatic carbocycles. The molecule has 0 aliphatic rings. The molecule has 0 spiro atoms. The fourth-order valence-corrected chi connectivity index (χ4v) is 2.91. The molecule has 0 aliphatic heterocycles. The maximum atomic E-state index is 11.9. The molecule has 0 bridgehead atoms. The van der Waals surface area contributed by atoms with Crippen LogP contribution in [0.1, 0.15) is 117 Å². The standard InChI is InChI=1S/C22H42O4/c1-4-7-9-11-13-17-21(23)25-19-15-16-20(6-3)26-22(24)18-14-12-10-8-5-2/h20H,4-19H2,1-3H3. The molecule has 154 valence electrons. The zero-order valence-electron chi connectivity index (χ0n) is 17.5. The first-order valence-corrected chi connectivity index (χ1v) is 11.0. The molecule has 0 amide bonds. The lowest BCUT2D eigenvalue weighted by molar-refractivity contribution is -0.151. The van der Waals surface area contributed by atoms with E-state index in [1.807, 2.05) is 6.92 Å². The Morgan fingerprint density at radius 1 is 0.692 bits per heavy atom. The van der Waals surface area contributed by atoms with Crippen LogP contribution in [0.5, 0.6) is 0 Å². The number of esters is 2. The molecule has 0 fully saturated rings. The van der Waals surface area contributed by atoms with E-state index in [9.17, 15) is 9.59 Å². The summed E-state index contributed by atoms with van der Waals surface area (Å²) in [7, 11) is 0. The number of hydrogen-bond acceptors (Lipinski definition) is 4. The van der Waals surface area contributed by atoms with Crippen molar-refractivity contribution in [1.29, 1.82) is 0 Å². The molecule has 0 radical (unpaired) electrons. The summed E-state index contributed by atoms with van der Waals surface area (Å²) in [6.45, 7) is 6.83. The van der Waals surface area contributed by atoms with Gasteiger partial charge in [-0.1, -0.05) is 72.1 Å². The molecule has 0 N–H and O–H groups in total. The average Bonchev–Trinajstić information content (AvgIpc) is 2.63. The number of hydrogen-bond donors (Lipinski definition) is 0.